The van der Waals surface area contributed by atoms with Crippen molar-refractivity contribution >= 4 is 11.9 Å². The van der Waals surface area contributed by atoms with E-state index in [4.69, 9.17) is 4.74 Å². The van der Waals surface area contributed by atoms with Gasteiger partial charge in [0.05, 0.1) is 7.11 Å². The lowest BCUT2D eigenvalue weighted by molar-refractivity contribution is -0.170. The van der Waals surface area contributed by atoms with Crippen LogP contribution in [0.4, 0.5) is 0 Å². The van der Waals surface area contributed by atoms with Gasteiger partial charge in [-0.2, -0.15) is 0 Å². The topological polar surface area (TPSA) is 52.6 Å². The van der Waals surface area contributed by atoms with E-state index in [2.05, 4.69) is 4.74 Å². The van der Waals surface area contributed by atoms with E-state index in [1.165, 1.54) is 7.11 Å². The Morgan fingerprint density at radius 3 is 2.73 bits per heavy atom. The molecule has 1 saturated heterocycles. The minimum atomic E-state index is -1.04. The number of ether oxygens (including phenoxy) is 2. The second-order valence-electron chi connectivity index (χ2n) is 2.70. The van der Waals surface area contributed by atoms with Gasteiger partial charge < -0.3 is 9.47 Å². The normalized spacial score (nSPS) is 29.8. The molecular formula is C7H10O4. The standard InChI is InChI=1S/C7H10O4/c1-7(6(9)10-2)4-3-5(8)11-7/h3-4H2,1-2H3. The van der Waals surface area contributed by atoms with Crippen LogP contribution in [0.3, 0.4) is 0 Å². The van der Waals surface area contributed by atoms with E-state index in [0.29, 0.717) is 12.8 Å². The SMILES string of the molecule is COC(=O)C1(C)CCC(=O)O1. The number of rotatable bonds is 1. The van der Waals surface area contributed by atoms with Crippen LogP contribution in [0.25, 0.3) is 0 Å². The van der Waals surface area contributed by atoms with Crippen molar-refractivity contribution in [1.29, 1.82) is 0 Å². The summed E-state index contributed by atoms with van der Waals surface area (Å²) in [5.74, 6) is -0.818. The van der Waals surface area contributed by atoms with Gasteiger partial charge in [0.2, 0.25) is 5.60 Å². The lowest BCUT2D eigenvalue weighted by Gasteiger charge is -2.18. The maximum Gasteiger partial charge on any atom is 0.350 e. The Hall–Kier alpha value is -1.06. The summed E-state index contributed by atoms with van der Waals surface area (Å²) in [6.07, 6.45) is 0.712. The van der Waals surface area contributed by atoms with Crippen LogP contribution < -0.4 is 0 Å². The summed E-state index contributed by atoms with van der Waals surface area (Å²) in [5.41, 5.74) is -1.04. The smallest absolute Gasteiger partial charge is 0.350 e. The summed E-state index contributed by atoms with van der Waals surface area (Å²) in [5, 5.41) is 0. The molecule has 0 aromatic carbocycles. The number of methoxy groups -OCH3 is 1. The van der Waals surface area contributed by atoms with Gasteiger partial charge in [0.15, 0.2) is 0 Å². The molecule has 4 nitrogen and oxygen atoms in total. The summed E-state index contributed by atoms with van der Waals surface area (Å²) in [6.45, 7) is 1.56. The number of hydrogen-bond acceptors (Lipinski definition) is 4. The summed E-state index contributed by atoms with van der Waals surface area (Å²) < 4.78 is 9.26. The molecule has 0 aliphatic carbocycles. The van der Waals surface area contributed by atoms with Gasteiger partial charge in [-0.25, -0.2) is 4.79 Å². The zero-order chi connectivity index (χ0) is 8.48. The summed E-state index contributed by atoms with van der Waals surface area (Å²) >= 11 is 0. The van der Waals surface area contributed by atoms with Crippen molar-refractivity contribution < 1.29 is 19.1 Å². The molecule has 1 atom stereocenters. The predicted molar refractivity (Wildman–Crippen MR) is 35.7 cm³/mol. The molecule has 0 N–H and O–H groups in total. The highest BCUT2D eigenvalue weighted by Crippen LogP contribution is 2.26. The van der Waals surface area contributed by atoms with E-state index in [1.807, 2.05) is 0 Å². The second kappa shape index (κ2) is 2.53. The fraction of sp³-hybridized carbons (Fsp3) is 0.714. The van der Waals surface area contributed by atoms with Crippen LogP contribution in [0.5, 0.6) is 0 Å². The predicted octanol–water partition coefficient (Wildman–Crippen LogP) is 0.255. The number of carbonyl (C=O) groups is 2. The van der Waals surface area contributed by atoms with E-state index in [-0.39, 0.29) is 5.97 Å². The first kappa shape index (κ1) is 8.04. The summed E-state index contributed by atoms with van der Waals surface area (Å²) in [4.78, 5) is 21.6. The Morgan fingerprint density at radius 2 is 2.36 bits per heavy atom. The molecule has 0 amide bonds. The lowest BCUT2D eigenvalue weighted by Crippen LogP contribution is -2.35. The van der Waals surface area contributed by atoms with E-state index < -0.39 is 11.6 Å². The first-order valence-corrected chi connectivity index (χ1v) is 3.39. The van der Waals surface area contributed by atoms with Crippen molar-refractivity contribution in [3.8, 4) is 0 Å². The molecule has 1 rings (SSSR count). The Morgan fingerprint density at radius 1 is 1.73 bits per heavy atom. The molecule has 11 heavy (non-hydrogen) atoms. The molecule has 1 heterocycles. The summed E-state index contributed by atoms with van der Waals surface area (Å²) in [6, 6.07) is 0. The third kappa shape index (κ3) is 1.34. The van der Waals surface area contributed by atoms with E-state index in [1.54, 1.807) is 6.92 Å². The molecule has 0 aromatic rings. The van der Waals surface area contributed by atoms with Crippen molar-refractivity contribution in [2.75, 3.05) is 7.11 Å². The van der Waals surface area contributed by atoms with Crippen molar-refractivity contribution in [2.45, 2.75) is 25.4 Å². The largest absolute Gasteiger partial charge is 0.466 e. The third-order valence-corrected chi connectivity index (χ3v) is 1.76. The number of esters is 2. The van der Waals surface area contributed by atoms with E-state index in [9.17, 15) is 9.59 Å². The zero-order valence-electron chi connectivity index (χ0n) is 6.55. The van der Waals surface area contributed by atoms with Gasteiger partial charge in [0.25, 0.3) is 0 Å². The second-order valence-corrected chi connectivity index (χ2v) is 2.70. The minimum Gasteiger partial charge on any atom is -0.466 e. The molecule has 1 aliphatic rings. The van der Waals surface area contributed by atoms with E-state index in [0.717, 1.165) is 0 Å². The number of cyclic esters (lactones) is 1. The molecule has 0 aromatic heterocycles. The van der Waals surface area contributed by atoms with Crippen LogP contribution >= 0.6 is 0 Å². The van der Waals surface area contributed by atoms with Gasteiger partial charge in [-0.3, -0.25) is 4.79 Å². The molecule has 1 aliphatic heterocycles. The first-order valence-electron chi connectivity index (χ1n) is 3.39. The fourth-order valence-electron chi connectivity index (χ4n) is 1.05. The molecule has 1 unspecified atom stereocenters. The van der Waals surface area contributed by atoms with Crippen LogP contribution in [0.1, 0.15) is 19.8 Å². The third-order valence-electron chi connectivity index (χ3n) is 1.76. The molecule has 62 valence electrons. The van der Waals surface area contributed by atoms with Crippen molar-refractivity contribution in [3.63, 3.8) is 0 Å². The number of carbonyl (C=O) groups excluding carboxylic acids is 2. The van der Waals surface area contributed by atoms with Crippen LogP contribution in [0, 0.1) is 0 Å². The Labute approximate surface area is 64.5 Å². The fourth-order valence-corrected chi connectivity index (χ4v) is 1.05. The average Bonchev–Trinajstić information content (AvgIpc) is 2.31. The summed E-state index contributed by atoms with van der Waals surface area (Å²) in [7, 11) is 1.28. The Balaban J connectivity index is 2.69. The Bertz CT molecular complexity index is 199. The zero-order valence-corrected chi connectivity index (χ0v) is 6.55. The highest BCUT2D eigenvalue weighted by atomic mass is 16.6. The van der Waals surface area contributed by atoms with Crippen LogP contribution in [-0.2, 0) is 19.1 Å². The molecule has 1 fully saturated rings. The minimum absolute atomic E-state index is 0.297. The number of hydrogen-bond donors (Lipinski definition) is 0. The van der Waals surface area contributed by atoms with Gasteiger partial charge in [0, 0.05) is 12.8 Å². The van der Waals surface area contributed by atoms with Gasteiger partial charge in [0.1, 0.15) is 0 Å². The molecular weight excluding hydrogens is 148 g/mol. The maximum atomic E-state index is 11.0. The quantitative estimate of drug-likeness (QED) is 0.513. The molecule has 0 spiro atoms. The Kier molecular flexibility index (Phi) is 1.85. The molecule has 0 saturated carbocycles. The van der Waals surface area contributed by atoms with Crippen molar-refractivity contribution in [2.24, 2.45) is 0 Å². The molecule has 4 heteroatoms. The van der Waals surface area contributed by atoms with Crippen molar-refractivity contribution in [1.82, 2.24) is 0 Å². The van der Waals surface area contributed by atoms with Crippen molar-refractivity contribution in [3.05, 3.63) is 0 Å². The van der Waals surface area contributed by atoms with Crippen LogP contribution in [0.2, 0.25) is 0 Å². The van der Waals surface area contributed by atoms with Crippen LogP contribution in [0.15, 0.2) is 0 Å². The first-order chi connectivity index (χ1) is 5.08. The molecule has 0 bridgehead atoms. The maximum absolute atomic E-state index is 11.0. The highest BCUT2D eigenvalue weighted by Gasteiger charge is 2.43. The monoisotopic (exact) mass is 158 g/mol. The lowest BCUT2D eigenvalue weighted by atomic mass is 10.0. The van der Waals surface area contributed by atoms with Gasteiger partial charge in [-0.15, -0.1) is 0 Å². The molecule has 0 radical (unpaired) electrons. The average molecular weight is 158 g/mol. The van der Waals surface area contributed by atoms with Gasteiger partial charge >= 0.3 is 11.9 Å². The van der Waals surface area contributed by atoms with Gasteiger partial charge in [-0.05, 0) is 6.92 Å². The van der Waals surface area contributed by atoms with Gasteiger partial charge in [-0.1, -0.05) is 0 Å². The van der Waals surface area contributed by atoms with E-state index >= 15 is 0 Å². The van der Waals surface area contributed by atoms with Crippen LogP contribution in [-0.4, -0.2) is 24.6 Å². The highest BCUT2D eigenvalue weighted by molar-refractivity contribution is 5.86.